The van der Waals surface area contributed by atoms with Crippen LogP contribution in [-0.4, -0.2) is 22.6 Å². The third-order valence-corrected chi connectivity index (χ3v) is 2.41. The summed E-state index contributed by atoms with van der Waals surface area (Å²) in [4.78, 5) is 15.0. The molecule has 4 nitrogen and oxygen atoms in total. The van der Waals surface area contributed by atoms with Crippen LogP contribution in [0.3, 0.4) is 0 Å². The lowest BCUT2D eigenvalue weighted by atomic mass is 9.95. The molecule has 1 aromatic rings. The number of nitrogens with zero attached hydrogens (tertiary/aromatic N) is 1. The van der Waals surface area contributed by atoms with Crippen molar-refractivity contribution in [3.63, 3.8) is 0 Å². The average molecular weight is 194 g/mol. The molecule has 0 fully saturated rings. The molecule has 76 valence electrons. The SMILES string of the molecule is Cc1nccc(C(CN)C(=O)O)c1C. The molecule has 0 saturated carbocycles. The first-order valence-corrected chi connectivity index (χ1v) is 4.43. The van der Waals surface area contributed by atoms with Gasteiger partial charge in [-0.15, -0.1) is 0 Å². The highest BCUT2D eigenvalue weighted by atomic mass is 16.4. The zero-order valence-electron chi connectivity index (χ0n) is 8.32. The molecule has 1 rings (SSSR count). The summed E-state index contributed by atoms with van der Waals surface area (Å²) in [6, 6.07) is 1.72. The van der Waals surface area contributed by atoms with Crippen LogP contribution < -0.4 is 5.73 Å². The van der Waals surface area contributed by atoms with E-state index in [0.717, 1.165) is 16.8 Å². The van der Waals surface area contributed by atoms with Gasteiger partial charge in [0.1, 0.15) is 0 Å². The van der Waals surface area contributed by atoms with Crippen molar-refractivity contribution in [3.05, 3.63) is 29.1 Å². The van der Waals surface area contributed by atoms with Gasteiger partial charge in [0.2, 0.25) is 0 Å². The maximum Gasteiger partial charge on any atom is 0.312 e. The van der Waals surface area contributed by atoms with E-state index in [4.69, 9.17) is 10.8 Å². The Balaban J connectivity index is 3.16. The van der Waals surface area contributed by atoms with Crippen molar-refractivity contribution < 1.29 is 9.90 Å². The van der Waals surface area contributed by atoms with E-state index < -0.39 is 11.9 Å². The van der Waals surface area contributed by atoms with Crippen LogP contribution in [0.1, 0.15) is 22.7 Å². The molecule has 1 aromatic heterocycles. The first-order valence-electron chi connectivity index (χ1n) is 4.43. The van der Waals surface area contributed by atoms with Gasteiger partial charge in [-0.3, -0.25) is 9.78 Å². The molecule has 1 heterocycles. The molecule has 0 aromatic carbocycles. The summed E-state index contributed by atoms with van der Waals surface area (Å²) in [5.41, 5.74) is 7.94. The van der Waals surface area contributed by atoms with Crippen LogP contribution in [0.25, 0.3) is 0 Å². The molecule has 0 saturated heterocycles. The van der Waals surface area contributed by atoms with Gasteiger partial charge in [0.05, 0.1) is 5.92 Å². The second-order valence-electron chi connectivity index (χ2n) is 3.24. The first-order chi connectivity index (χ1) is 6.57. The average Bonchev–Trinajstić information content (AvgIpc) is 2.13. The lowest BCUT2D eigenvalue weighted by Gasteiger charge is -2.13. The molecule has 0 amide bonds. The predicted molar refractivity (Wildman–Crippen MR) is 53.1 cm³/mol. The fraction of sp³-hybridized carbons (Fsp3) is 0.400. The Kier molecular flexibility index (Phi) is 3.19. The first kappa shape index (κ1) is 10.7. The lowest BCUT2D eigenvalue weighted by Crippen LogP contribution is -2.22. The van der Waals surface area contributed by atoms with Crippen molar-refractivity contribution in [1.82, 2.24) is 4.98 Å². The Hall–Kier alpha value is -1.42. The van der Waals surface area contributed by atoms with Crippen LogP contribution in [0.2, 0.25) is 0 Å². The monoisotopic (exact) mass is 194 g/mol. The number of pyridine rings is 1. The zero-order valence-corrected chi connectivity index (χ0v) is 8.32. The van der Waals surface area contributed by atoms with Gasteiger partial charge in [-0.1, -0.05) is 0 Å². The number of aromatic nitrogens is 1. The number of carboxylic acid groups (broad SMARTS) is 1. The normalized spacial score (nSPS) is 12.5. The summed E-state index contributed by atoms with van der Waals surface area (Å²) >= 11 is 0. The van der Waals surface area contributed by atoms with Gasteiger partial charge in [-0.05, 0) is 31.0 Å². The van der Waals surface area contributed by atoms with Crippen molar-refractivity contribution in [2.24, 2.45) is 5.73 Å². The number of aliphatic carboxylic acids is 1. The predicted octanol–water partition coefficient (Wildman–Crippen LogP) is 0.825. The van der Waals surface area contributed by atoms with Crippen LogP contribution in [0.4, 0.5) is 0 Å². The topological polar surface area (TPSA) is 76.2 Å². The molecule has 0 aliphatic rings. The highest BCUT2D eigenvalue weighted by Gasteiger charge is 2.20. The summed E-state index contributed by atoms with van der Waals surface area (Å²) in [6.07, 6.45) is 1.61. The Morgan fingerprint density at radius 3 is 2.79 bits per heavy atom. The highest BCUT2D eigenvalue weighted by Crippen LogP contribution is 2.20. The second-order valence-corrected chi connectivity index (χ2v) is 3.24. The Morgan fingerprint density at radius 2 is 2.29 bits per heavy atom. The zero-order chi connectivity index (χ0) is 10.7. The Bertz CT molecular complexity index is 350. The van der Waals surface area contributed by atoms with Crippen molar-refractivity contribution >= 4 is 5.97 Å². The van der Waals surface area contributed by atoms with Crippen LogP contribution in [0, 0.1) is 13.8 Å². The number of aryl methyl sites for hydroxylation is 1. The maximum atomic E-state index is 10.9. The van der Waals surface area contributed by atoms with Gasteiger partial charge in [-0.2, -0.15) is 0 Å². The number of carboxylic acids is 1. The van der Waals surface area contributed by atoms with Crippen LogP contribution >= 0.6 is 0 Å². The molecule has 14 heavy (non-hydrogen) atoms. The molecule has 1 unspecified atom stereocenters. The Labute approximate surface area is 82.8 Å². The summed E-state index contributed by atoms with van der Waals surface area (Å²) in [5.74, 6) is -1.52. The molecule has 0 spiro atoms. The minimum Gasteiger partial charge on any atom is -0.481 e. The van der Waals surface area contributed by atoms with E-state index in [9.17, 15) is 4.79 Å². The maximum absolute atomic E-state index is 10.9. The smallest absolute Gasteiger partial charge is 0.312 e. The molecule has 0 aliphatic carbocycles. The van der Waals surface area contributed by atoms with E-state index in [1.54, 1.807) is 12.3 Å². The fourth-order valence-electron chi connectivity index (χ4n) is 1.40. The second kappa shape index (κ2) is 4.19. The van der Waals surface area contributed by atoms with Gasteiger partial charge in [0, 0.05) is 18.4 Å². The van der Waals surface area contributed by atoms with E-state index in [1.807, 2.05) is 13.8 Å². The quantitative estimate of drug-likeness (QED) is 0.747. The van der Waals surface area contributed by atoms with Crippen LogP contribution in [-0.2, 0) is 4.79 Å². The number of rotatable bonds is 3. The van der Waals surface area contributed by atoms with Crippen molar-refractivity contribution in [1.29, 1.82) is 0 Å². The molecule has 3 N–H and O–H groups in total. The van der Waals surface area contributed by atoms with Crippen LogP contribution in [0.5, 0.6) is 0 Å². The molecule has 0 bridgehead atoms. The van der Waals surface area contributed by atoms with E-state index in [-0.39, 0.29) is 6.54 Å². The van der Waals surface area contributed by atoms with Gasteiger partial charge >= 0.3 is 5.97 Å². The molecular formula is C10H14N2O2. The van der Waals surface area contributed by atoms with Crippen molar-refractivity contribution in [3.8, 4) is 0 Å². The van der Waals surface area contributed by atoms with Gasteiger partial charge < -0.3 is 10.8 Å². The fourth-order valence-corrected chi connectivity index (χ4v) is 1.40. The van der Waals surface area contributed by atoms with Gasteiger partial charge in [0.25, 0.3) is 0 Å². The van der Waals surface area contributed by atoms with Crippen LogP contribution in [0.15, 0.2) is 12.3 Å². The van der Waals surface area contributed by atoms with E-state index in [1.165, 1.54) is 0 Å². The summed E-state index contributed by atoms with van der Waals surface area (Å²) in [5, 5.41) is 8.94. The van der Waals surface area contributed by atoms with Crippen molar-refractivity contribution in [2.75, 3.05) is 6.54 Å². The lowest BCUT2D eigenvalue weighted by molar-refractivity contribution is -0.138. The molecular weight excluding hydrogens is 180 g/mol. The van der Waals surface area contributed by atoms with Gasteiger partial charge in [0.15, 0.2) is 0 Å². The number of nitrogens with two attached hydrogens (primary N) is 1. The molecule has 0 radical (unpaired) electrons. The number of hydrogen-bond acceptors (Lipinski definition) is 3. The number of hydrogen-bond donors (Lipinski definition) is 2. The highest BCUT2D eigenvalue weighted by molar-refractivity contribution is 5.77. The Morgan fingerprint density at radius 1 is 1.64 bits per heavy atom. The summed E-state index contributed by atoms with van der Waals surface area (Å²) in [7, 11) is 0. The van der Waals surface area contributed by atoms with Gasteiger partial charge in [-0.25, -0.2) is 0 Å². The van der Waals surface area contributed by atoms with Crippen molar-refractivity contribution in [2.45, 2.75) is 19.8 Å². The minimum atomic E-state index is -0.888. The molecule has 4 heteroatoms. The molecule has 0 aliphatic heterocycles. The van der Waals surface area contributed by atoms with E-state index in [0.29, 0.717) is 0 Å². The minimum absolute atomic E-state index is 0.111. The molecule has 1 atom stereocenters. The van der Waals surface area contributed by atoms with E-state index in [2.05, 4.69) is 4.98 Å². The number of carbonyl (C=O) groups is 1. The summed E-state index contributed by atoms with van der Waals surface area (Å²) in [6.45, 7) is 3.83. The largest absolute Gasteiger partial charge is 0.481 e. The third-order valence-electron chi connectivity index (χ3n) is 2.41. The third kappa shape index (κ3) is 1.90. The van der Waals surface area contributed by atoms with E-state index >= 15 is 0 Å². The summed E-state index contributed by atoms with van der Waals surface area (Å²) < 4.78 is 0. The standard InChI is InChI=1S/C10H14N2O2/c1-6-7(2)12-4-3-8(6)9(5-11)10(13)14/h3-4,9H,5,11H2,1-2H3,(H,13,14).